The van der Waals surface area contributed by atoms with Crippen LogP contribution in [0.2, 0.25) is 0 Å². The minimum Gasteiger partial charge on any atom is -0.377 e. The van der Waals surface area contributed by atoms with Gasteiger partial charge in [-0.25, -0.2) is 0 Å². The average Bonchev–Trinajstić information content (AvgIpc) is 2.24. The summed E-state index contributed by atoms with van der Waals surface area (Å²) in [5, 5.41) is 0. The number of hydrogen-bond acceptors (Lipinski definition) is 2. The van der Waals surface area contributed by atoms with Crippen LogP contribution >= 0.6 is 0 Å². The van der Waals surface area contributed by atoms with Gasteiger partial charge in [0.1, 0.15) is 0 Å². The first kappa shape index (κ1) is 13.0. The Morgan fingerprint density at radius 2 is 1.87 bits per heavy atom. The molecule has 0 aliphatic carbocycles. The molecule has 0 N–H and O–H groups in total. The van der Waals surface area contributed by atoms with Crippen molar-refractivity contribution < 1.29 is 4.74 Å². The number of nitrogens with zero attached hydrogens (tertiary/aromatic N) is 1. The Bertz CT molecular complexity index is 195. The maximum atomic E-state index is 5.88. The van der Waals surface area contributed by atoms with Gasteiger partial charge < -0.3 is 4.74 Å². The second kappa shape index (κ2) is 4.84. The molecule has 2 heteroatoms. The maximum absolute atomic E-state index is 5.88. The molecule has 1 unspecified atom stereocenters. The van der Waals surface area contributed by atoms with Crippen LogP contribution in [-0.4, -0.2) is 36.2 Å². The fraction of sp³-hybridized carbons (Fsp3) is 1.00. The lowest BCUT2D eigenvalue weighted by molar-refractivity contribution is -0.0264. The first-order chi connectivity index (χ1) is 6.84. The summed E-state index contributed by atoms with van der Waals surface area (Å²) in [7, 11) is 0. The first-order valence-corrected chi connectivity index (χ1v) is 6.21. The highest BCUT2D eigenvalue weighted by Gasteiger charge is 2.37. The topological polar surface area (TPSA) is 12.5 Å². The molecule has 0 aromatic carbocycles. The van der Waals surface area contributed by atoms with Crippen molar-refractivity contribution in [2.24, 2.45) is 5.41 Å². The smallest absolute Gasteiger partial charge is 0.0707 e. The molecule has 15 heavy (non-hydrogen) atoms. The third-order valence-electron chi connectivity index (χ3n) is 3.29. The Morgan fingerprint density at radius 1 is 1.27 bits per heavy atom. The van der Waals surface area contributed by atoms with Crippen molar-refractivity contribution >= 4 is 0 Å². The molecule has 0 aromatic rings. The zero-order valence-corrected chi connectivity index (χ0v) is 11.2. The second-order valence-electron chi connectivity index (χ2n) is 6.07. The van der Waals surface area contributed by atoms with E-state index in [4.69, 9.17) is 4.74 Å². The van der Waals surface area contributed by atoms with Gasteiger partial charge in [-0.1, -0.05) is 20.8 Å². The van der Waals surface area contributed by atoms with E-state index in [9.17, 15) is 0 Å². The third kappa shape index (κ3) is 3.18. The second-order valence-corrected chi connectivity index (χ2v) is 6.07. The molecule has 1 aliphatic heterocycles. The summed E-state index contributed by atoms with van der Waals surface area (Å²) in [6.07, 6.45) is 1.50. The highest BCUT2D eigenvalue weighted by molar-refractivity contribution is 4.90. The van der Waals surface area contributed by atoms with Crippen LogP contribution in [0.4, 0.5) is 0 Å². The van der Waals surface area contributed by atoms with Gasteiger partial charge in [-0.2, -0.15) is 0 Å². The Kier molecular flexibility index (Phi) is 4.19. The van der Waals surface area contributed by atoms with Gasteiger partial charge in [0, 0.05) is 25.2 Å². The molecule has 90 valence electrons. The van der Waals surface area contributed by atoms with Crippen LogP contribution < -0.4 is 0 Å². The van der Waals surface area contributed by atoms with E-state index in [-0.39, 0.29) is 5.41 Å². The van der Waals surface area contributed by atoms with Crippen molar-refractivity contribution in [3.05, 3.63) is 0 Å². The van der Waals surface area contributed by atoms with Gasteiger partial charge in [-0.05, 0) is 32.6 Å². The average molecular weight is 213 g/mol. The van der Waals surface area contributed by atoms with E-state index in [0.717, 1.165) is 13.0 Å². The van der Waals surface area contributed by atoms with Crippen molar-refractivity contribution in [3.63, 3.8) is 0 Å². The lowest BCUT2D eigenvalue weighted by Crippen LogP contribution is -2.52. The molecule has 1 saturated heterocycles. The largest absolute Gasteiger partial charge is 0.377 e. The predicted molar refractivity (Wildman–Crippen MR) is 65.1 cm³/mol. The minimum absolute atomic E-state index is 0.286. The van der Waals surface area contributed by atoms with Gasteiger partial charge in [0.2, 0.25) is 0 Å². The molecule has 0 radical (unpaired) electrons. The van der Waals surface area contributed by atoms with Crippen molar-refractivity contribution in [1.29, 1.82) is 0 Å². The molecular formula is C13H27NO. The van der Waals surface area contributed by atoms with E-state index in [0.29, 0.717) is 18.2 Å². The summed E-state index contributed by atoms with van der Waals surface area (Å²) in [6, 6.07) is 1.14. The highest BCUT2D eigenvalue weighted by Crippen LogP contribution is 2.31. The van der Waals surface area contributed by atoms with Gasteiger partial charge in [0.05, 0.1) is 6.10 Å². The van der Waals surface area contributed by atoms with E-state index < -0.39 is 0 Å². The van der Waals surface area contributed by atoms with Gasteiger partial charge >= 0.3 is 0 Å². The monoisotopic (exact) mass is 213 g/mol. The van der Waals surface area contributed by atoms with Crippen LogP contribution in [0.5, 0.6) is 0 Å². The maximum Gasteiger partial charge on any atom is 0.0707 e. The van der Waals surface area contributed by atoms with Crippen molar-refractivity contribution in [3.8, 4) is 0 Å². The SMILES string of the molecule is CC1OCCCN(C(C)C)[C@@H]1C(C)(C)C. The minimum atomic E-state index is 0.286. The summed E-state index contributed by atoms with van der Waals surface area (Å²) in [5.41, 5.74) is 0.286. The summed E-state index contributed by atoms with van der Waals surface area (Å²) < 4.78 is 5.88. The Labute approximate surface area is 95.0 Å². The Balaban J connectivity index is 2.89. The molecular weight excluding hydrogens is 186 g/mol. The molecule has 1 aliphatic rings. The van der Waals surface area contributed by atoms with Gasteiger partial charge in [-0.15, -0.1) is 0 Å². The quantitative estimate of drug-likeness (QED) is 0.664. The molecule has 0 saturated carbocycles. The van der Waals surface area contributed by atoms with Crippen LogP contribution in [0, 0.1) is 5.41 Å². The van der Waals surface area contributed by atoms with Crippen molar-refractivity contribution in [2.75, 3.05) is 13.2 Å². The number of rotatable bonds is 1. The fourth-order valence-corrected chi connectivity index (χ4v) is 2.80. The zero-order valence-electron chi connectivity index (χ0n) is 11.2. The molecule has 0 amide bonds. The van der Waals surface area contributed by atoms with Crippen LogP contribution in [0.1, 0.15) is 48.0 Å². The fourth-order valence-electron chi connectivity index (χ4n) is 2.80. The zero-order chi connectivity index (χ0) is 11.6. The van der Waals surface area contributed by atoms with Crippen molar-refractivity contribution in [2.45, 2.75) is 66.2 Å². The summed E-state index contributed by atoms with van der Waals surface area (Å²) in [6.45, 7) is 15.8. The molecule has 2 nitrogen and oxygen atoms in total. The Morgan fingerprint density at radius 3 is 2.33 bits per heavy atom. The van der Waals surface area contributed by atoms with Crippen molar-refractivity contribution in [1.82, 2.24) is 4.90 Å². The molecule has 1 heterocycles. The first-order valence-electron chi connectivity index (χ1n) is 6.21. The normalized spacial score (nSPS) is 30.6. The lowest BCUT2D eigenvalue weighted by Gasteiger charge is -2.43. The Hall–Kier alpha value is -0.0800. The van der Waals surface area contributed by atoms with E-state index >= 15 is 0 Å². The van der Waals surface area contributed by atoms with Gasteiger partial charge in [0.25, 0.3) is 0 Å². The van der Waals surface area contributed by atoms with E-state index in [1.54, 1.807) is 0 Å². The van der Waals surface area contributed by atoms with Gasteiger partial charge in [0.15, 0.2) is 0 Å². The van der Waals surface area contributed by atoms with E-state index in [1.807, 2.05) is 0 Å². The summed E-state index contributed by atoms with van der Waals surface area (Å²) >= 11 is 0. The number of ether oxygens (including phenoxy) is 1. The predicted octanol–water partition coefficient (Wildman–Crippen LogP) is 2.92. The molecule has 1 fully saturated rings. The van der Waals surface area contributed by atoms with Crippen LogP contribution in [0.3, 0.4) is 0 Å². The summed E-state index contributed by atoms with van der Waals surface area (Å²) in [5.74, 6) is 0. The molecule has 0 aromatic heterocycles. The molecule has 1 rings (SSSR count). The van der Waals surface area contributed by atoms with E-state index in [2.05, 4.69) is 46.4 Å². The standard InChI is InChI=1S/C13H27NO/c1-10(2)14-8-7-9-15-11(3)12(14)13(4,5)6/h10-12H,7-9H2,1-6H3/t11?,12-/m0/s1. The highest BCUT2D eigenvalue weighted by atomic mass is 16.5. The van der Waals surface area contributed by atoms with Gasteiger partial charge in [-0.3, -0.25) is 4.90 Å². The van der Waals surface area contributed by atoms with Crippen LogP contribution in [0.15, 0.2) is 0 Å². The lowest BCUT2D eigenvalue weighted by atomic mass is 9.82. The third-order valence-corrected chi connectivity index (χ3v) is 3.29. The molecule has 0 spiro atoms. The van der Waals surface area contributed by atoms with E-state index in [1.165, 1.54) is 6.54 Å². The summed E-state index contributed by atoms with van der Waals surface area (Å²) in [4.78, 5) is 2.61. The molecule has 0 bridgehead atoms. The molecule has 2 atom stereocenters. The van der Waals surface area contributed by atoms with Crippen LogP contribution in [0.25, 0.3) is 0 Å². The van der Waals surface area contributed by atoms with Crippen LogP contribution in [-0.2, 0) is 4.74 Å². The number of hydrogen-bond donors (Lipinski definition) is 0.